The lowest BCUT2D eigenvalue weighted by Crippen LogP contribution is -2.33. The summed E-state index contributed by atoms with van der Waals surface area (Å²) in [5, 5.41) is 6.07. The largest absolute Gasteiger partial charge is 0.383 e. The van der Waals surface area contributed by atoms with Gasteiger partial charge in [0.25, 0.3) is 0 Å². The Morgan fingerprint density at radius 2 is 2.17 bits per heavy atom. The first-order valence-corrected chi connectivity index (χ1v) is 8.83. The average Bonchev–Trinajstić information content (AvgIpc) is 2.92. The number of carbonyl (C=O) groups is 1. The summed E-state index contributed by atoms with van der Waals surface area (Å²) in [5.74, 6) is 1.24. The molecule has 0 aliphatic rings. The van der Waals surface area contributed by atoms with Crippen molar-refractivity contribution in [1.29, 1.82) is 0 Å². The van der Waals surface area contributed by atoms with Crippen molar-refractivity contribution in [2.45, 2.75) is 12.7 Å². The van der Waals surface area contributed by atoms with Gasteiger partial charge in [0.2, 0.25) is 5.91 Å². The van der Waals surface area contributed by atoms with Crippen LogP contribution < -0.4 is 10.6 Å². The molecule has 0 aliphatic carbocycles. The first-order valence-electron chi connectivity index (χ1n) is 7.67. The van der Waals surface area contributed by atoms with Crippen LogP contribution in [0.2, 0.25) is 0 Å². The van der Waals surface area contributed by atoms with Crippen molar-refractivity contribution in [3.63, 3.8) is 0 Å². The fraction of sp³-hybridized carbons (Fsp3) is 0.500. The van der Waals surface area contributed by atoms with Gasteiger partial charge in [-0.2, -0.15) is 0 Å². The number of fused-ring (bicyclic) bond motifs is 1. The minimum absolute atomic E-state index is 0.0585. The number of imidazole rings is 1. The van der Waals surface area contributed by atoms with Gasteiger partial charge < -0.3 is 19.8 Å². The Morgan fingerprint density at radius 1 is 1.30 bits per heavy atom. The van der Waals surface area contributed by atoms with Crippen LogP contribution in [0.3, 0.4) is 0 Å². The van der Waals surface area contributed by atoms with Crippen LogP contribution in [-0.4, -0.2) is 54.4 Å². The van der Waals surface area contributed by atoms with Crippen LogP contribution in [0.5, 0.6) is 0 Å². The molecule has 2 aromatic rings. The van der Waals surface area contributed by atoms with E-state index < -0.39 is 0 Å². The Bertz CT molecular complexity index is 630. The Balaban J connectivity index is 1.62. The van der Waals surface area contributed by atoms with Gasteiger partial charge in [0.15, 0.2) is 0 Å². The predicted molar refractivity (Wildman–Crippen MR) is 93.8 cm³/mol. The molecule has 0 spiro atoms. The fourth-order valence-corrected chi connectivity index (χ4v) is 2.85. The Morgan fingerprint density at radius 3 is 3.00 bits per heavy atom. The molecule has 0 fully saturated rings. The summed E-state index contributed by atoms with van der Waals surface area (Å²) in [6, 6.07) is 4.06. The molecule has 0 aromatic carbocycles. The molecule has 0 atom stereocenters. The number of nitrogens with one attached hydrogen (secondary N) is 2. The van der Waals surface area contributed by atoms with E-state index in [0.29, 0.717) is 18.9 Å². The lowest BCUT2D eigenvalue weighted by Gasteiger charge is -2.06. The van der Waals surface area contributed by atoms with E-state index in [1.807, 2.05) is 22.7 Å². The number of hydrogen-bond donors (Lipinski definition) is 2. The standard InChI is InChI=1S/C16H24N4O2S/c1-13-3-4-15-19-14(10-20(15)9-13)11-23-12-16(21)18-6-5-17-7-8-22-2/h3-4,9-10,17H,5-8,11-12H2,1-2H3,(H,18,21). The number of hydrogen-bond acceptors (Lipinski definition) is 5. The maximum atomic E-state index is 11.7. The number of thioether (sulfide) groups is 1. The number of aromatic nitrogens is 2. The van der Waals surface area contributed by atoms with Gasteiger partial charge in [-0.25, -0.2) is 4.98 Å². The van der Waals surface area contributed by atoms with Crippen molar-refractivity contribution in [3.05, 3.63) is 35.8 Å². The monoisotopic (exact) mass is 336 g/mol. The molecule has 1 amide bonds. The van der Waals surface area contributed by atoms with Crippen molar-refractivity contribution in [2.75, 3.05) is 39.1 Å². The van der Waals surface area contributed by atoms with Crippen LogP contribution in [0.25, 0.3) is 5.65 Å². The summed E-state index contributed by atoms with van der Waals surface area (Å²) in [6.07, 6.45) is 4.08. The molecule has 0 bridgehead atoms. The average molecular weight is 336 g/mol. The number of ether oxygens (including phenoxy) is 1. The summed E-state index contributed by atoms with van der Waals surface area (Å²) >= 11 is 1.58. The van der Waals surface area contributed by atoms with E-state index >= 15 is 0 Å². The van der Waals surface area contributed by atoms with Crippen LogP contribution in [0.4, 0.5) is 0 Å². The number of methoxy groups -OCH3 is 1. The van der Waals surface area contributed by atoms with E-state index in [2.05, 4.69) is 28.7 Å². The summed E-state index contributed by atoms with van der Waals surface area (Å²) in [7, 11) is 1.67. The van der Waals surface area contributed by atoms with Crippen molar-refractivity contribution >= 4 is 23.3 Å². The number of aryl methyl sites for hydroxylation is 1. The number of rotatable bonds is 10. The third-order valence-electron chi connectivity index (χ3n) is 3.24. The second kappa shape index (κ2) is 9.54. The molecule has 0 saturated heterocycles. The highest BCUT2D eigenvalue weighted by atomic mass is 32.2. The summed E-state index contributed by atoms with van der Waals surface area (Å²) in [4.78, 5) is 16.3. The molecule has 0 unspecified atom stereocenters. The maximum absolute atomic E-state index is 11.7. The normalized spacial score (nSPS) is 11.0. The Kier molecular flexibility index (Phi) is 7.38. The van der Waals surface area contributed by atoms with Gasteiger partial charge in [-0.15, -0.1) is 11.8 Å². The zero-order valence-corrected chi connectivity index (χ0v) is 14.5. The van der Waals surface area contributed by atoms with Crippen LogP contribution in [0, 0.1) is 6.92 Å². The zero-order valence-electron chi connectivity index (χ0n) is 13.7. The van der Waals surface area contributed by atoms with Gasteiger partial charge in [0, 0.05) is 44.9 Å². The second-order valence-electron chi connectivity index (χ2n) is 5.29. The SMILES string of the molecule is COCCNCCNC(=O)CSCc1cn2cc(C)ccc2n1. The van der Waals surface area contributed by atoms with E-state index in [0.717, 1.165) is 30.2 Å². The van der Waals surface area contributed by atoms with Gasteiger partial charge in [0.05, 0.1) is 18.1 Å². The van der Waals surface area contributed by atoms with Crippen LogP contribution >= 0.6 is 11.8 Å². The van der Waals surface area contributed by atoms with Crippen LogP contribution in [-0.2, 0) is 15.3 Å². The molecular weight excluding hydrogens is 312 g/mol. The molecule has 126 valence electrons. The van der Waals surface area contributed by atoms with E-state index in [1.165, 1.54) is 5.56 Å². The van der Waals surface area contributed by atoms with Crippen molar-refractivity contribution < 1.29 is 9.53 Å². The summed E-state index contributed by atoms with van der Waals surface area (Å²) in [6.45, 7) is 4.93. The molecule has 6 nitrogen and oxygen atoms in total. The van der Waals surface area contributed by atoms with Crippen molar-refractivity contribution in [2.24, 2.45) is 0 Å². The maximum Gasteiger partial charge on any atom is 0.230 e. The first kappa shape index (κ1) is 17.8. The molecule has 23 heavy (non-hydrogen) atoms. The van der Waals surface area contributed by atoms with E-state index in [9.17, 15) is 4.79 Å². The van der Waals surface area contributed by atoms with Gasteiger partial charge in [-0.05, 0) is 18.6 Å². The highest BCUT2D eigenvalue weighted by molar-refractivity contribution is 7.99. The number of carbonyl (C=O) groups excluding carboxylic acids is 1. The Hall–Kier alpha value is -1.57. The molecule has 2 rings (SSSR count). The van der Waals surface area contributed by atoms with E-state index in [1.54, 1.807) is 18.9 Å². The second-order valence-corrected chi connectivity index (χ2v) is 6.28. The molecule has 0 saturated carbocycles. The molecular formula is C16H24N4O2S. The lowest BCUT2D eigenvalue weighted by molar-refractivity contribution is -0.118. The molecule has 0 aliphatic heterocycles. The first-order chi connectivity index (χ1) is 11.2. The predicted octanol–water partition coefficient (Wildman–Crippen LogP) is 1.23. The third kappa shape index (κ3) is 6.21. The highest BCUT2D eigenvalue weighted by Crippen LogP contribution is 2.13. The van der Waals surface area contributed by atoms with Gasteiger partial charge in [-0.3, -0.25) is 4.79 Å². The topological polar surface area (TPSA) is 67.7 Å². The smallest absolute Gasteiger partial charge is 0.230 e. The number of pyridine rings is 1. The number of amides is 1. The fourth-order valence-electron chi connectivity index (χ4n) is 2.11. The molecule has 2 heterocycles. The zero-order chi connectivity index (χ0) is 16.5. The van der Waals surface area contributed by atoms with Gasteiger partial charge >= 0.3 is 0 Å². The van der Waals surface area contributed by atoms with E-state index in [4.69, 9.17) is 4.74 Å². The minimum atomic E-state index is 0.0585. The highest BCUT2D eigenvalue weighted by Gasteiger charge is 2.05. The third-order valence-corrected chi connectivity index (χ3v) is 4.21. The van der Waals surface area contributed by atoms with Gasteiger partial charge in [0.1, 0.15) is 5.65 Å². The number of nitrogens with zero attached hydrogens (tertiary/aromatic N) is 2. The molecule has 2 aromatic heterocycles. The molecule has 0 radical (unpaired) electrons. The van der Waals surface area contributed by atoms with Crippen molar-refractivity contribution in [3.8, 4) is 0 Å². The van der Waals surface area contributed by atoms with Crippen molar-refractivity contribution in [1.82, 2.24) is 20.0 Å². The summed E-state index contributed by atoms with van der Waals surface area (Å²) in [5.41, 5.74) is 3.14. The minimum Gasteiger partial charge on any atom is -0.383 e. The Labute approximate surface area is 141 Å². The molecule has 2 N–H and O–H groups in total. The van der Waals surface area contributed by atoms with Gasteiger partial charge in [-0.1, -0.05) is 6.07 Å². The van der Waals surface area contributed by atoms with E-state index in [-0.39, 0.29) is 5.91 Å². The lowest BCUT2D eigenvalue weighted by atomic mass is 10.3. The molecule has 7 heteroatoms. The summed E-state index contributed by atoms with van der Waals surface area (Å²) < 4.78 is 6.96. The quantitative estimate of drug-likeness (QED) is 0.639. The van der Waals surface area contributed by atoms with Crippen LogP contribution in [0.15, 0.2) is 24.5 Å². The van der Waals surface area contributed by atoms with Crippen LogP contribution in [0.1, 0.15) is 11.3 Å².